The molecule has 1 aromatic carbocycles. The molecule has 108 valence electrons. The van der Waals surface area contributed by atoms with E-state index in [0.717, 1.165) is 16.3 Å². The van der Waals surface area contributed by atoms with Crippen LogP contribution in [0.5, 0.6) is 0 Å². The highest BCUT2D eigenvalue weighted by Crippen LogP contribution is 2.21. The quantitative estimate of drug-likeness (QED) is 0.810. The Bertz CT molecular complexity index is 547. The van der Waals surface area contributed by atoms with Gasteiger partial charge in [-0.2, -0.15) is 0 Å². The maximum Gasteiger partial charge on any atom is 0.209 e. The van der Waals surface area contributed by atoms with Gasteiger partial charge in [0.15, 0.2) is 0 Å². The molecule has 0 unspecified atom stereocenters. The molecule has 2 N–H and O–H groups in total. The number of hydrogen-bond acceptors (Lipinski definition) is 3. The molecule has 4 nitrogen and oxygen atoms in total. The highest BCUT2D eigenvalue weighted by molar-refractivity contribution is 9.10. The van der Waals surface area contributed by atoms with Gasteiger partial charge in [0.2, 0.25) is 10.0 Å². The van der Waals surface area contributed by atoms with E-state index in [1.807, 2.05) is 32.0 Å². The van der Waals surface area contributed by atoms with E-state index in [-0.39, 0.29) is 0 Å². The second kappa shape index (κ2) is 6.54. The van der Waals surface area contributed by atoms with Crippen LogP contribution in [0.15, 0.2) is 22.7 Å². The Kier molecular flexibility index (Phi) is 5.82. The monoisotopic (exact) mass is 368 g/mol. The van der Waals surface area contributed by atoms with Gasteiger partial charge >= 0.3 is 0 Å². The van der Waals surface area contributed by atoms with Gasteiger partial charge in [0.25, 0.3) is 0 Å². The summed E-state index contributed by atoms with van der Waals surface area (Å²) in [4.78, 5) is 0. The highest BCUT2D eigenvalue weighted by Gasteiger charge is 2.21. The first-order valence-electron chi connectivity index (χ1n) is 5.73. The predicted octanol–water partition coefficient (Wildman–Crippen LogP) is 2.52. The molecule has 1 rings (SSSR count). The summed E-state index contributed by atoms with van der Waals surface area (Å²) in [6, 6.07) is 5.58. The van der Waals surface area contributed by atoms with Crippen molar-refractivity contribution in [3.8, 4) is 0 Å². The molecule has 0 heterocycles. The summed E-state index contributed by atoms with van der Waals surface area (Å²) in [6.45, 7) is 4.82. The third-order valence-electron chi connectivity index (χ3n) is 2.36. The Morgan fingerprint density at radius 1 is 1.37 bits per heavy atom. The lowest BCUT2D eigenvalue weighted by Gasteiger charge is -2.25. The van der Waals surface area contributed by atoms with E-state index >= 15 is 0 Å². The molecule has 7 heteroatoms. The Hall–Kier alpha value is -0.140. The molecule has 0 spiro atoms. The summed E-state index contributed by atoms with van der Waals surface area (Å²) in [5.74, 6) is 0. The Morgan fingerprint density at radius 3 is 2.53 bits per heavy atom. The van der Waals surface area contributed by atoms with E-state index in [1.165, 1.54) is 0 Å². The van der Waals surface area contributed by atoms with Gasteiger partial charge < -0.3 is 5.32 Å². The summed E-state index contributed by atoms with van der Waals surface area (Å²) in [5, 5.41) is 3.90. The summed E-state index contributed by atoms with van der Waals surface area (Å²) < 4.78 is 25.9. The van der Waals surface area contributed by atoms with E-state index in [2.05, 4.69) is 26.0 Å². The molecule has 0 bridgehead atoms. The van der Waals surface area contributed by atoms with Crippen LogP contribution in [0.2, 0.25) is 5.02 Å². The molecular weight excluding hydrogens is 352 g/mol. The van der Waals surface area contributed by atoms with Crippen LogP contribution >= 0.6 is 27.5 Å². The average Bonchev–Trinajstić information content (AvgIpc) is 2.17. The van der Waals surface area contributed by atoms with Crippen molar-refractivity contribution in [3.05, 3.63) is 33.3 Å². The van der Waals surface area contributed by atoms with Crippen molar-refractivity contribution >= 4 is 37.6 Å². The van der Waals surface area contributed by atoms with Gasteiger partial charge in [-0.15, -0.1) is 0 Å². The number of halogens is 2. The van der Waals surface area contributed by atoms with Gasteiger partial charge in [-0.3, -0.25) is 0 Å². The number of sulfonamides is 1. The maximum atomic E-state index is 11.2. The molecule has 0 radical (unpaired) electrons. The van der Waals surface area contributed by atoms with Crippen LogP contribution in [-0.2, 0) is 16.6 Å². The topological polar surface area (TPSA) is 58.2 Å². The first-order chi connectivity index (χ1) is 8.59. The van der Waals surface area contributed by atoms with E-state index in [1.54, 1.807) is 0 Å². The SMILES string of the molecule is CC(C)(CNCc1ccc(Cl)cc1Br)NS(C)(=O)=O. The summed E-state index contributed by atoms with van der Waals surface area (Å²) >= 11 is 9.31. The Balaban J connectivity index is 2.54. The van der Waals surface area contributed by atoms with E-state index in [9.17, 15) is 8.42 Å². The molecule has 19 heavy (non-hydrogen) atoms. The Labute approximate surface area is 128 Å². The minimum Gasteiger partial charge on any atom is -0.311 e. The minimum atomic E-state index is -3.21. The van der Waals surface area contributed by atoms with Gasteiger partial charge in [0.05, 0.1) is 6.26 Å². The summed E-state index contributed by atoms with van der Waals surface area (Å²) in [6.07, 6.45) is 1.16. The lowest BCUT2D eigenvalue weighted by atomic mass is 10.1. The zero-order chi connectivity index (χ0) is 14.7. The van der Waals surface area contributed by atoms with E-state index < -0.39 is 15.6 Å². The van der Waals surface area contributed by atoms with Crippen LogP contribution < -0.4 is 10.0 Å². The maximum absolute atomic E-state index is 11.2. The van der Waals surface area contributed by atoms with Crippen molar-refractivity contribution in [1.29, 1.82) is 0 Å². The molecule has 0 atom stereocenters. The molecule has 0 aromatic heterocycles. The van der Waals surface area contributed by atoms with Gasteiger partial charge in [0, 0.05) is 28.1 Å². The molecule has 0 amide bonds. The van der Waals surface area contributed by atoms with Gasteiger partial charge in [-0.1, -0.05) is 33.6 Å². The Morgan fingerprint density at radius 2 is 2.00 bits per heavy atom. The van der Waals surface area contributed by atoms with Crippen LogP contribution in [0.25, 0.3) is 0 Å². The van der Waals surface area contributed by atoms with E-state index in [4.69, 9.17) is 11.6 Å². The van der Waals surface area contributed by atoms with Crippen molar-refractivity contribution in [1.82, 2.24) is 10.0 Å². The fourth-order valence-corrected chi connectivity index (χ4v) is 3.61. The van der Waals surface area contributed by atoms with Crippen LogP contribution in [0.3, 0.4) is 0 Å². The molecule has 0 saturated heterocycles. The molecule has 0 aliphatic carbocycles. The third kappa shape index (κ3) is 6.72. The van der Waals surface area contributed by atoms with Crippen molar-refractivity contribution in [3.63, 3.8) is 0 Å². The zero-order valence-corrected chi connectivity index (χ0v) is 14.3. The number of hydrogen-bond donors (Lipinski definition) is 2. The van der Waals surface area contributed by atoms with Crippen LogP contribution in [0, 0.1) is 0 Å². The normalized spacial score (nSPS) is 12.7. The lowest BCUT2D eigenvalue weighted by molar-refractivity contribution is 0.421. The summed E-state index contributed by atoms with van der Waals surface area (Å²) in [5.41, 5.74) is 0.534. The van der Waals surface area contributed by atoms with Crippen molar-refractivity contribution in [2.45, 2.75) is 25.9 Å². The third-order valence-corrected chi connectivity index (χ3v) is 4.26. The minimum absolute atomic E-state index is 0.523. The van der Waals surface area contributed by atoms with E-state index in [0.29, 0.717) is 18.1 Å². The average molecular weight is 370 g/mol. The molecule has 0 aliphatic rings. The van der Waals surface area contributed by atoms with Gasteiger partial charge in [-0.25, -0.2) is 13.1 Å². The highest BCUT2D eigenvalue weighted by atomic mass is 79.9. The predicted molar refractivity (Wildman–Crippen MR) is 82.9 cm³/mol. The second-order valence-corrected chi connectivity index (χ2v) is 8.14. The first kappa shape index (κ1) is 16.9. The molecule has 0 saturated carbocycles. The lowest BCUT2D eigenvalue weighted by Crippen LogP contribution is -2.49. The second-order valence-electron chi connectivity index (χ2n) is 5.10. The van der Waals surface area contributed by atoms with Crippen molar-refractivity contribution < 1.29 is 8.42 Å². The number of rotatable bonds is 6. The van der Waals surface area contributed by atoms with Crippen LogP contribution in [0.4, 0.5) is 0 Å². The van der Waals surface area contributed by atoms with Crippen LogP contribution in [0.1, 0.15) is 19.4 Å². The molecule has 1 aromatic rings. The van der Waals surface area contributed by atoms with Gasteiger partial charge in [0.1, 0.15) is 0 Å². The van der Waals surface area contributed by atoms with Crippen LogP contribution in [-0.4, -0.2) is 26.8 Å². The molecular formula is C12H18BrClN2O2S. The summed E-state index contributed by atoms with van der Waals surface area (Å²) in [7, 11) is -3.21. The zero-order valence-electron chi connectivity index (χ0n) is 11.1. The van der Waals surface area contributed by atoms with Gasteiger partial charge in [-0.05, 0) is 31.5 Å². The smallest absolute Gasteiger partial charge is 0.209 e. The van der Waals surface area contributed by atoms with Crippen molar-refractivity contribution in [2.75, 3.05) is 12.8 Å². The number of benzene rings is 1. The standard InChI is InChI=1S/C12H18BrClN2O2S/c1-12(2,16-19(3,17)18)8-15-7-9-4-5-10(14)6-11(9)13/h4-6,15-16H,7-8H2,1-3H3. The first-order valence-corrected chi connectivity index (χ1v) is 8.79. The largest absolute Gasteiger partial charge is 0.311 e. The fourth-order valence-electron chi connectivity index (χ4n) is 1.71. The molecule has 0 aliphatic heterocycles. The van der Waals surface area contributed by atoms with Crippen molar-refractivity contribution in [2.24, 2.45) is 0 Å². The number of nitrogens with one attached hydrogen (secondary N) is 2. The molecule has 0 fully saturated rings. The fraction of sp³-hybridized carbons (Fsp3) is 0.500.